The molecular formula is C20H16ClN5O2. The predicted octanol–water partition coefficient (Wildman–Crippen LogP) is 4.10. The number of nitrogens with zero attached hydrogens (tertiary/aromatic N) is 4. The Morgan fingerprint density at radius 1 is 1.25 bits per heavy atom. The second kappa shape index (κ2) is 7.66. The van der Waals surface area contributed by atoms with Crippen molar-refractivity contribution in [2.75, 3.05) is 11.9 Å². The number of carbonyl (C=O) groups is 1. The zero-order valence-electron chi connectivity index (χ0n) is 15.0. The normalized spacial score (nSPS) is 10.8. The lowest BCUT2D eigenvalue weighted by atomic mass is 10.1. The van der Waals surface area contributed by atoms with Gasteiger partial charge in [0.05, 0.1) is 17.9 Å². The van der Waals surface area contributed by atoms with Gasteiger partial charge >= 0.3 is 0 Å². The molecule has 8 heteroatoms. The van der Waals surface area contributed by atoms with Crippen LogP contribution in [0.25, 0.3) is 17.0 Å². The molecule has 0 spiro atoms. The molecule has 0 fully saturated rings. The Morgan fingerprint density at radius 2 is 2.07 bits per heavy atom. The van der Waals surface area contributed by atoms with E-state index >= 15 is 0 Å². The summed E-state index contributed by atoms with van der Waals surface area (Å²) < 4.78 is 7.13. The molecule has 7 nitrogen and oxygen atoms in total. The molecule has 28 heavy (non-hydrogen) atoms. The summed E-state index contributed by atoms with van der Waals surface area (Å²) in [6, 6.07) is 10.8. The number of rotatable bonds is 5. The predicted molar refractivity (Wildman–Crippen MR) is 107 cm³/mol. The molecule has 0 unspecified atom stereocenters. The number of halogens is 1. The standard InChI is InChI=1S/C20H16ClN5O2/c1-2-28-19-16(21)10-14(11-23-19)18(27)24-15-6-4-13(5-7-15)17-12-26-9-3-8-22-20(26)25-17/h3-12H,2H2,1H3,(H,24,27). The van der Waals surface area contributed by atoms with Gasteiger partial charge < -0.3 is 10.1 Å². The molecule has 0 bridgehead atoms. The van der Waals surface area contributed by atoms with Crippen molar-refractivity contribution < 1.29 is 9.53 Å². The third kappa shape index (κ3) is 3.65. The number of benzene rings is 1. The number of hydrogen-bond donors (Lipinski definition) is 1. The quantitative estimate of drug-likeness (QED) is 0.552. The molecule has 1 N–H and O–H groups in total. The Hall–Kier alpha value is -3.45. The number of nitrogens with one attached hydrogen (secondary N) is 1. The molecule has 1 aromatic carbocycles. The first-order chi connectivity index (χ1) is 13.6. The summed E-state index contributed by atoms with van der Waals surface area (Å²) in [7, 11) is 0. The van der Waals surface area contributed by atoms with Crippen LogP contribution in [0.2, 0.25) is 5.02 Å². The maximum absolute atomic E-state index is 12.4. The van der Waals surface area contributed by atoms with Gasteiger partial charge in [0.25, 0.3) is 5.91 Å². The van der Waals surface area contributed by atoms with Crippen LogP contribution in [0.5, 0.6) is 5.88 Å². The highest BCUT2D eigenvalue weighted by atomic mass is 35.5. The Bertz CT molecular complexity index is 1110. The molecule has 0 aliphatic heterocycles. The third-order valence-corrected chi connectivity index (χ3v) is 4.30. The SMILES string of the molecule is CCOc1ncc(C(=O)Nc2ccc(-c3cn4cccnc4n3)cc2)cc1Cl. The highest BCUT2D eigenvalue weighted by molar-refractivity contribution is 6.32. The first-order valence-corrected chi connectivity index (χ1v) is 9.01. The van der Waals surface area contributed by atoms with Crippen LogP contribution in [0.15, 0.2) is 61.2 Å². The molecule has 1 amide bonds. The number of carbonyl (C=O) groups excluding carboxylic acids is 1. The van der Waals surface area contributed by atoms with Gasteiger partial charge in [-0.15, -0.1) is 0 Å². The van der Waals surface area contributed by atoms with Crippen molar-refractivity contribution >= 4 is 29.0 Å². The fraction of sp³-hybridized carbons (Fsp3) is 0.100. The molecule has 0 aliphatic rings. The molecule has 140 valence electrons. The molecule has 3 aromatic heterocycles. The molecule has 4 rings (SSSR count). The van der Waals surface area contributed by atoms with Crippen molar-refractivity contribution in [3.8, 4) is 17.1 Å². The largest absolute Gasteiger partial charge is 0.477 e. The maximum atomic E-state index is 12.4. The summed E-state index contributed by atoms with van der Waals surface area (Å²) in [5.41, 5.74) is 2.73. The van der Waals surface area contributed by atoms with E-state index in [0.717, 1.165) is 11.3 Å². The van der Waals surface area contributed by atoms with E-state index in [1.807, 2.05) is 54.0 Å². The first kappa shape index (κ1) is 17.9. The number of aromatic nitrogens is 4. The van der Waals surface area contributed by atoms with Gasteiger partial charge in [-0.25, -0.2) is 15.0 Å². The van der Waals surface area contributed by atoms with Gasteiger partial charge in [-0.3, -0.25) is 9.20 Å². The number of amides is 1. The summed E-state index contributed by atoms with van der Waals surface area (Å²) in [5, 5.41) is 3.12. The fourth-order valence-corrected chi connectivity index (χ4v) is 2.91. The minimum Gasteiger partial charge on any atom is -0.477 e. The van der Waals surface area contributed by atoms with Crippen LogP contribution in [0.4, 0.5) is 5.69 Å². The monoisotopic (exact) mass is 393 g/mol. The van der Waals surface area contributed by atoms with Crippen LogP contribution >= 0.6 is 11.6 Å². The van der Waals surface area contributed by atoms with E-state index in [1.165, 1.54) is 12.3 Å². The van der Waals surface area contributed by atoms with Crippen molar-refractivity contribution in [1.29, 1.82) is 0 Å². The second-order valence-electron chi connectivity index (χ2n) is 5.93. The smallest absolute Gasteiger partial charge is 0.257 e. The Balaban J connectivity index is 1.49. The summed E-state index contributed by atoms with van der Waals surface area (Å²) >= 11 is 6.10. The van der Waals surface area contributed by atoms with E-state index in [2.05, 4.69) is 20.3 Å². The molecule has 0 saturated carbocycles. The minimum absolute atomic E-state index is 0.297. The molecule has 4 aromatic rings. The third-order valence-electron chi connectivity index (χ3n) is 4.02. The second-order valence-corrected chi connectivity index (χ2v) is 6.34. The lowest BCUT2D eigenvalue weighted by molar-refractivity contribution is 0.102. The average Bonchev–Trinajstić information content (AvgIpc) is 3.14. The van der Waals surface area contributed by atoms with E-state index in [-0.39, 0.29) is 5.91 Å². The van der Waals surface area contributed by atoms with Gasteiger partial charge in [0.2, 0.25) is 11.7 Å². The topological polar surface area (TPSA) is 81.4 Å². The number of fused-ring (bicyclic) bond motifs is 1. The van der Waals surface area contributed by atoms with E-state index < -0.39 is 0 Å². The van der Waals surface area contributed by atoms with Crippen molar-refractivity contribution in [2.24, 2.45) is 0 Å². The molecule has 0 saturated heterocycles. The van der Waals surface area contributed by atoms with Gasteiger partial charge in [0.1, 0.15) is 5.02 Å². The number of pyridine rings is 1. The average molecular weight is 394 g/mol. The van der Waals surface area contributed by atoms with E-state index in [0.29, 0.717) is 34.5 Å². The van der Waals surface area contributed by atoms with Crippen LogP contribution in [-0.2, 0) is 0 Å². The zero-order chi connectivity index (χ0) is 19.5. The van der Waals surface area contributed by atoms with Crippen molar-refractivity contribution in [1.82, 2.24) is 19.4 Å². The fourth-order valence-electron chi connectivity index (χ4n) is 2.69. The number of imidazole rings is 1. The van der Waals surface area contributed by atoms with E-state index in [9.17, 15) is 4.79 Å². The van der Waals surface area contributed by atoms with Gasteiger partial charge in [0, 0.05) is 36.0 Å². The van der Waals surface area contributed by atoms with E-state index in [1.54, 1.807) is 6.20 Å². The van der Waals surface area contributed by atoms with Crippen molar-refractivity contribution in [2.45, 2.75) is 6.92 Å². The minimum atomic E-state index is -0.304. The lowest BCUT2D eigenvalue weighted by Gasteiger charge is -2.08. The van der Waals surface area contributed by atoms with Crippen molar-refractivity contribution in [3.05, 3.63) is 71.8 Å². The first-order valence-electron chi connectivity index (χ1n) is 8.64. The highest BCUT2D eigenvalue weighted by Crippen LogP contribution is 2.24. The molecule has 3 heterocycles. The van der Waals surface area contributed by atoms with E-state index in [4.69, 9.17) is 16.3 Å². The van der Waals surface area contributed by atoms with Gasteiger partial charge in [-0.05, 0) is 31.2 Å². The molecule has 0 radical (unpaired) electrons. The summed E-state index contributed by atoms with van der Waals surface area (Å²) in [6.07, 6.45) is 6.93. The van der Waals surface area contributed by atoms with Crippen molar-refractivity contribution in [3.63, 3.8) is 0 Å². The van der Waals surface area contributed by atoms with Gasteiger partial charge in [-0.1, -0.05) is 23.7 Å². The van der Waals surface area contributed by atoms with Crippen LogP contribution < -0.4 is 10.1 Å². The van der Waals surface area contributed by atoms with Crippen LogP contribution in [-0.4, -0.2) is 31.9 Å². The number of hydrogen-bond acceptors (Lipinski definition) is 5. The van der Waals surface area contributed by atoms with Crippen LogP contribution in [0, 0.1) is 0 Å². The molecular weight excluding hydrogens is 378 g/mol. The van der Waals surface area contributed by atoms with Crippen LogP contribution in [0.3, 0.4) is 0 Å². The van der Waals surface area contributed by atoms with Gasteiger partial charge in [0.15, 0.2) is 0 Å². The number of ether oxygens (including phenoxy) is 1. The molecule has 0 atom stereocenters. The maximum Gasteiger partial charge on any atom is 0.257 e. The number of anilines is 1. The zero-order valence-corrected chi connectivity index (χ0v) is 15.7. The van der Waals surface area contributed by atoms with Crippen LogP contribution in [0.1, 0.15) is 17.3 Å². The summed E-state index contributed by atoms with van der Waals surface area (Å²) in [4.78, 5) is 25.2. The Morgan fingerprint density at radius 3 is 2.79 bits per heavy atom. The lowest BCUT2D eigenvalue weighted by Crippen LogP contribution is -2.12. The molecule has 0 aliphatic carbocycles. The van der Waals surface area contributed by atoms with Gasteiger partial charge in [-0.2, -0.15) is 0 Å². The summed E-state index contributed by atoms with van der Waals surface area (Å²) in [6.45, 7) is 2.29. The Labute approximate surface area is 166 Å². The summed E-state index contributed by atoms with van der Waals surface area (Å²) in [5.74, 6) is 0.643. The Kier molecular flexibility index (Phi) is 4.90. The highest BCUT2D eigenvalue weighted by Gasteiger charge is 2.11.